The fourth-order valence-corrected chi connectivity index (χ4v) is 3.05. The lowest BCUT2D eigenvalue weighted by molar-refractivity contribution is 0.187. The van der Waals surface area contributed by atoms with Gasteiger partial charge in [-0.2, -0.15) is 4.68 Å². The van der Waals surface area contributed by atoms with E-state index in [0.717, 1.165) is 49.9 Å². The summed E-state index contributed by atoms with van der Waals surface area (Å²) in [6.45, 7) is 2.74. The van der Waals surface area contributed by atoms with Crippen LogP contribution in [-0.2, 0) is 6.54 Å². The number of rotatable bonds is 4. The van der Waals surface area contributed by atoms with Gasteiger partial charge in [-0.05, 0) is 48.5 Å². The average molecular weight is 310 g/mol. The Hall–Kier alpha value is -2.54. The molecule has 0 saturated carbocycles. The Labute approximate surface area is 133 Å². The molecular formula is C16H18N6O. The van der Waals surface area contributed by atoms with Gasteiger partial charge in [0.05, 0.1) is 18.4 Å². The minimum Gasteiger partial charge on any atom is -0.449 e. The molecule has 0 radical (unpaired) electrons. The largest absolute Gasteiger partial charge is 0.449 e. The molecule has 1 aliphatic rings. The van der Waals surface area contributed by atoms with Gasteiger partial charge >= 0.3 is 0 Å². The van der Waals surface area contributed by atoms with E-state index in [1.165, 1.54) is 0 Å². The topological polar surface area (TPSA) is 72.9 Å². The standard InChI is InChI=1S/C16H18N6O/c1-2-4-14(5-3-1)22-15(18-19-20-22)12-21-9-6-13(7-10-21)16-17-8-11-23-16/h1-5,8,11,13H,6-7,9-10,12H2. The maximum Gasteiger partial charge on any atom is 0.197 e. The molecule has 1 aliphatic heterocycles. The van der Waals surface area contributed by atoms with Gasteiger partial charge in [-0.15, -0.1) is 5.10 Å². The van der Waals surface area contributed by atoms with Crippen molar-refractivity contribution in [3.8, 4) is 5.69 Å². The fraction of sp³-hybridized carbons (Fsp3) is 0.375. The van der Waals surface area contributed by atoms with Crippen LogP contribution < -0.4 is 0 Å². The van der Waals surface area contributed by atoms with E-state index in [2.05, 4.69) is 25.4 Å². The van der Waals surface area contributed by atoms with Gasteiger partial charge in [0.15, 0.2) is 11.7 Å². The highest BCUT2D eigenvalue weighted by Gasteiger charge is 2.24. The van der Waals surface area contributed by atoms with Gasteiger partial charge < -0.3 is 4.42 Å². The van der Waals surface area contributed by atoms with Gasteiger partial charge in [0, 0.05) is 5.92 Å². The molecule has 0 atom stereocenters. The molecule has 118 valence electrons. The Balaban J connectivity index is 1.42. The summed E-state index contributed by atoms with van der Waals surface area (Å²) in [4.78, 5) is 6.65. The van der Waals surface area contributed by atoms with E-state index in [0.29, 0.717) is 5.92 Å². The van der Waals surface area contributed by atoms with Crippen LogP contribution in [0.5, 0.6) is 0 Å². The smallest absolute Gasteiger partial charge is 0.197 e. The van der Waals surface area contributed by atoms with Gasteiger partial charge in [0.1, 0.15) is 6.26 Å². The summed E-state index contributed by atoms with van der Waals surface area (Å²) in [5.74, 6) is 2.15. The Bertz CT molecular complexity index is 731. The molecule has 1 saturated heterocycles. The van der Waals surface area contributed by atoms with Crippen molar-refractivity contribution >= 4 is 0 Å². The summed E-state index contributed by atoms with van der Waals surface area (Å²) in [5.41, 5.74) is 0.988. The Morgan fingerprint density at radius 1 is 1.13 bits per heavy atom. The van der Waals surface area contributed by atoms with E-state index >= 15 is 0 Å². The minimum absolute atomic E-state index is 0.423. The second kappa shape index (κ2) is 6.29. The van der Waals surface area contributed by atoms with E-state index in [4.69, 9.17) is 4.42 Å². The van der Waals surface area contributed by atoms with Crippen LogP contribution in [0, 0.1) is 0 Å². The van der Waals surface area contributed by atoms with Crippen molar-refractivity contribution in [2.75, 3.05) is 13.1 Å². The lowest BCUT2D eigenvalue weighted by atomic mass is 9.97. The summed E-state index contributed by atoms with van der Waals surface area (Å²) in [5, 5.41) is 12.1. The molecule has 3 aromatic rings. The van der Waals surface area contributed by atoms with E-state index < -0.39 is 0 Å². The zero-order valence-corrected chi connectivity index (χ0v) is 12.7. The van der Waals surface area contributed by atoms with Crippen molar-refractivity contribution in [3.63, 3.8) is 0 Å². The van der Waals surface area contributed by atoms with E-state index in [-0.39, 0.29) is 0 Å². The van der Waals surface area contributed by atoms with Crippen molar-refractivity contribution in [2.24, 2.45) is 0 Å². The number of nitrogens with zero attached hydrogens (tertiary/aromatic N) is 6. The molecule has 0 aliphatic carbocycles. The average Bonchev–Trinajstić information content (AvgIpc) is 3.28. The van der Waals surface area contributed by atoms with Gasteiger partial charge in [-0.1, -0.05) is 18.2 Å². The molecular weight excluding hydrogens is 292 g/mol. The number of para-hydroxylation sites is 1. The summed E-state index contributed by atoms with van der Waals surface area (Å²) < 4.78 is 7.23. The highest BCUT2D eigenvalue weighted by atomic mass is 16.3. The molecule has 0 amide bonds. The molecule has 0 spiro atoms. The number of benzene rings is 1. The van der Waals surface area contributed by atoms with Crippen LogP contribution in [0.25, 0.3) is 5.69 Å². The summed E-state index contributed by atoms with van der Waals surface area (Å²) in [6, 6.07) is 9.98. The van der Waals surface area contributed by atoms with Crippen LogP contribution in [0.4, 0.5) is 0 Å². The van der Waals surface area contributed by atoms with E-state index in [9.17, 15) is 0 Å². The molecule has 2 aromatic heterocycles. The quantitative estimate of drug-likeness (QED) is 0.734. The van der Waals surface area contributed by atoms with Crippen LogP contribution >= 0.6 is 0 Å². The van der Waals surface area contributed by atoms with Crippen LogP contribution in [0.3, 0.4) is 0 Å². The van der Waals surface area contributed by atoms with Crippen molar-refractivity contribution in [1.29, 1.82) is 0 Å². The third kappa shape index (κ3) is 3.00. The predicted octanol–water partition coefficient (Wildman–Crippen LogP) is 2.03. The summed E-state index contributed by atoms with van der Waals surface area (Å²) in [7, 11) is 0. The number of oxazole rings is 1. The lowest BCUT2D eigenvalue weighted by Crippen LogP contribution is -2.33. The maximum absolute atomic E-state index is 5.42. The van der Waals surface area contributed by atoms with Crippen molar-refractivity contribution in [2.45, 2.75) is 25.3 Å². The van der Waals surface area contributed by atoms with Gasteiger partial charge in [0.25, 0.3) is 0 Å². The number of likely N-dealkylation sites (tertiary alicyclic amines) is 1. The third-order valence-corrected chi connectivity index (χ3v) is 4.29. The number of aromatic nitrogens is 5. The molecule has 0 N–H and O–H groups in total. The van der Waals surface area contributed by atoms with Crippen LogP contribution in [0.2, 0.25) is 0 Å². The molecule has 3 heterocycles. The van der Waals surface area contributed by atoms with E-state index in [1.54, 1.807) is 17.1 Å². The molecule has 1 aromatic carbocycles. The molecule has 4 rings (SSSR count). The van der Waals surface area contributed by atoms with Crippen LogP contribution in [-0.4, -0.2) is 43.2 Å². The number of hydrogen-bond acceptors (Lipinski definition) is 6. The number of piperidine rings is 1. The maximum atomic E-state index is 5.42. The van der Waals surface area contributed by atoms with Crippen LogP contribution in [0.1, 0.15) is 30.5 Å². The first-order chi connectivity index (χ1) is 11.4. The molecule has 0 unspecified atom stereocenters. The fourth-order valence-electron chi connectivity index (χ4n) is 3.05. The molecule has 7 heteroatoms. The van der Waals surface area contributed by atoms with Crippen molar-refractivity contribution < 1.29 is 4.42 Å². The Morgan fingerprint density at radius 2 is 1.96 bits per heavy atom. The zero-order chi connectivity index (χ0) is 15.5. The first kappa shape index (κ1) is 14.1. The summed E-state index contributed by atoms with van der Waals surface area (Å²) in [6.07, 6.45) is 5.46. The first-order valence-electron chi connectivity index (χ1n) is 7.84. The second-order valence-electron chi connectivity index (χ2n) is 5.76. The molecule has 0 bridgehead atoms. The highest BCUT2D eigenvalue weighted by molar-refractivity contribution is 5.30. The van der Waals surface area contributed by atoms with E-state index in [1.807, 2.05) is 30.3 Å². The van der Waals surface area contributed by atoms with Crippen molar-refractivity contribution in [1.82, 2.24) is 30.1 Å². The minimum atomic E-state index is 0.423. The Morgan fingerprint density at radius 3 is 2.70 bits per heavy atom. The molecule has 1 fully saturated rings. The van der Waals surface area contributed by atoms with Gasteiger partial charge in [-0.3, -0.25) is 4.90 Å². The molecule has 7 nitrogen and oxygen atoms in total. The monoisotopic (exact) mass is 310 g/mol. The third-order valence-electron chi connectivity index (χ3n) is 4.29. The normalized spacial score (nSPS) is 16.7. The molecule has 23 heavy (non-hydrogen) atoms. The first-order valence-corrected chi connectivity index (χ1v) is 7.84. The summed E-state index contributed by atoms with van der Waals surface area (Å²) >= 11 is 0. The van der Waals surface area contributed by atoms with Gasteiger partial charge in [-0.25, -0.2) is 4.98 Å². The lowest BCUT2D eigenvalue weighted by Gasteiger charge is -2.29. The number of hydrogen-bond donors (Lipinski definition) is 0. The Kier molecular flexibility index (Phi) is 3.85. The van der Waals surface area contributed by atoms with Crippen molar-refractivity contribution in [3.05, 3.63) is 54.5 Å². The predicted molar refractivity (Wildman–Crippen MR) is 82.9 cm³/mol. The highest BCUT2D eigenvalue weighted by Crippen LogP contribution is 2.27. The zero-order valence-electron chi connectivity index (χ0n) is 12.7. The number of tetrazole rings is 1. The van der Waals surface area contributed by atoms with Gasteiger partial charge in [0.2, 0.25) is 0 Å². The van der Waals surface area contributed by atoms with Crippen LogP contribution in [0.15, 0.2) is 47.2 Å². The SMILES string of the molecule is c1ccc(-n2nnnc2CN2CCC(c3ncco3)CC2)cc1. The second-order valence-corrected chi connectivity index (χ2v) is 5.76.